The SMILES string of the molecule is Cc1ccc(CNC(=O)CSC2CC3(CCCC3)Oc3ccc(C)cc32)cc1. The summed E-state index contributed by atoms with van der Waals surface area (Å²) in [4.78, 5) is 12.5. The van der Waals surface area contributed by atoms with Crippen LogP contribution in [0.25, 0.3) is 0 Å². The van der Waals surface area contributed by atoms with Gasteiger partial charge >= 0.3 is 0 Å². The molecular weight excluding hydrogens is 366 g/mol. The molecule has 1 aliphatic heterocycles. The van der Waals surface area contributed by atoms with Gasteiger partial charge in [-0.1, -0.05) is 47.5 Å². The first-order chi connectivity index (χ1) is 13.5. The van der Waals surface area contributed by atoms with Gasteiger partial charge in [0.05, 0.1) is 5.75 Å². The fourth-order valence-corrected chi connectivity index (χ4v) is 5.58. The number of carbonyl (C=O) groups is 1. The van der Waals surface area contributed by atoms with Crippen molar-refractivity contribution in [2.45, 2.75) is 63.3 Å². The molecule has 1 amide bonds. The first-order valence-electron chi connectivity index (χ1n) is 10.3. The molecule has 1 aliphatic carbocycles. The topological polar surface area (TPSA) is 38.3 Å². The Hall–Kier alpha value is -1.94. The van der Waals surface area contributed by atoms with Crippen LogP contribution >= 0.6 is 11.8 Å². The van der Waals surface area contributed by atoms with Crippen LogP contribution in [0.1, 0.15) is 59.6 Å². The van der Waals surface area contributed by atoms with Gasteiger partial charge in [-0.15, -0.1) is 11.8 Å². The van der Waals surface area contributed by atoms with E-state index >= 15 is 0 Å². The summed E-state index contributed by atoms with van der Waals surface area (Å²) in [6, 6.07) is 14.8. The largest absolute Gasteiger partial charge is 0.487 e. The molecule has 0 bridgehead atoms. The van der Waals surface area contributed by atoms with E-state index in [1.54, 1.807) is 11.8 Å². The van der Waals surface area contributed by atoms with Crippen molar-refractivity contribution in [2.24, 2.45) is 0 Å². The van der Waals surface area contributed by atoms with Gasteiger partial charge in [0.1, 0.15) is 11.4 Å². The van der Waals surface area contributed by atoms with Gasteiger partial charge in [-0.3, -0.25) is 4.79 Å². The summed E-state index contributed by atoms with van der Waals surface area (Å²) in [7, 11) is 0. The first-order valence-corrected chi connectivity index (χ1v) is 11.3. The second kappa shape index (κ2) is 8.20. The average Bonchev–Trinajstić information content (AvgIpc) is 3.13. The molecule has 4 rings (SSSR count). The second-order valence-corrected chi connectivity index (χ2v) is 9.49. The van der Waals surface area contributed by atoms with Gasteiger partial charge in [0.15, 0.2) is 0 Å². The molecule has 2 aliphatic rings. The van der Waals surface area contributed by atoms with Crippen molar-refractivity contribution < 1.29 is 9.53 Å². The first kappa shape index (κ1) is 19.4. The number of hydrogen-bond acceptors (Lipinski definition) is 3. The summed E-state index contributed by atoms with van der Waals surface area (Å²) in [6.07, 6.45) is 5.78. The van der Waals surface area contributed by atoms with Gasteiger partial charge in [0, 0.05) is 23.8 Å². The maximum absolute atomic E-state index is 12.5. The molecular formula is C24H29NO2S. The van der Waals surface area contributed by atoms with E-state index in [9.17, 15) is 4.79 Å². The van der Waals surface area contributed by atoms with Gasteiger partial charge in [-0.2, -0.15) is 0 Å². The molecule has 3 nitrogen and oxygen atoms in total. The summed E-state index contributed by atoms with van der Waals surface area (Å²) in [6.45, 7) is 4.78. The van der Waals surface area contributed by atoms with E-state index in [0.29, 0.717) is 17.5 Å². The van der Waals surface area contributed by atoms with E-state index in [-0.39, 0.29) is 11.5 Å². The van der Waals surface area contributed by atoms with Crippen molar-refractivity contribution in [1.29, 1.82) is 0 Å². The Morgan fingerprint density at radius 2 is 1.82 bits per heavy atom. The molecule has 4 heteroatoms. The number of carbonyl (C=O) groups excluding carboxylic acids is 1. The lowest BCUT2D eigenvalue weighted by Gasteiger charge is -2.40. The molecule has 1 N–H and O–H groups in total. The van der Waals surface area contributed by atoms with Crippen molar-refractivity contribution in [1.82, 2.24) is 5.32 Å². The molecule has 1 unspecified atom stereocenters. The third kappa shape index (κ3) is 4.38. The molecule has 1 spiro atoms. The number of aryl methyl sites for hydroxylation is 2. The van der Waals surface area contributed by atoms with Gasteiger partial charge in [0.2, 0.25) is 5.91 Å². The van der Waals surface area contributed by atoms with Crippen molar-refractivity contribution >= 4 is 17.7 Å². The minimum atomic E-state index is -0.0156. The quantitative estimate of drug-likeness (QED) is 0.727. The third-order valence-electron chi connectivity index (χ3n) is 5.94. The zero-order valence-electron chi connectivity index (χ0n) is 16.8. The Balaban J connectivity index is 1.39. The standard InChI is InChI=1S/C24H29NO2S/c1-17-5-8-19(9-6-17)15-25-23(26)16-28-22-14-24(11-3-4-12-24)27-21-10-7-18(2)13-20(21)22/h5-10,13,22H,3-4,11-12,14-16H2,1-2H3,(H,25,26). The number of rotatable bonds is 5. The average molecular weight is 396 g/mol. The summed E-state index contributed by atoms with van der Waals surface area (Å²) < 4.78 is 6.47. The Kier molecular flexibility index (Phi) is 5.68. The van der Waals surface area contributed by atoms with Gasteiger partial charge in [-0.25, -0.2) is 0 Å². The number of benzene rings is 2. The molecule has 1 fully saturated rings. The minimum absolute atomic E-state index is 0.0156. The van der Waals surface area contributed by atoms with Crippen LogP contribution in [-0.2, 0) is 11.3 Å². The highest BCUT2D eigenvalue weighted by Gasteiger charge is 2.43. The number of nitrogens with one attached hydrogen (secondary N) is 1. The van der Waals surface area contributed by atoms with E-state index in [4.69, 9.17) is 4.74 Å². The van der Waals surface area contributed by atoms with Crippen molar-refractivity contribution in [2.75, 3.05) is 5.75 Å². The zero-order chi connectivity index (χ0) is 19.6. The Morgan fingerprint density at radius 1 is 1.11 bits per heavy atom. The third-order valence-corrected chi connectivity index (χ3v) is 7.19. The predicted molar refractivity (Wildman–Crippen MR) is 116 cm³/mol. The van der Waals surface area contributed by atoms with Crippen LogP contribution in [0.5, 0.6) is 5.75 Å². The van der Waals surface area contributed by atoms with Crippen LogP contribution in [0.3, 0.4) is 0 Å². The molecule has 0 aromatic heterocycles. The monoisotopic (exact) mass is 395 g/mol. The van der Waals surface area contributed by atoms with Gasteiger partial charge in [-0.05, 0) is 51.2 Å². The van der Waals surface area contributed by atoms with Crippen LogP contribution in [-0.4, -0.2) is 17.3 Å². The lowest BCUT2D eigenvalue weighted by atomic mass is 9.88. The van der Waals surface area contributed by atoms with Gasteiger partial charge in [0.25, 0.3) is 0 Å². The second-order valence-electron chi connectivity index (χ2n) is 8.30. The Labute approximate surface area is 172 Å². The minimum Gasteiger partial charge on any atom is -0.487 e. The van der Waals surface area contributed by atoms with E-state index < -0.39 is 0 Å². The Bertz CT molecular complexity index is 840. The molecule has 28 heavy (non-hydrogen) atoms. The van der Waals surface area contributed by atoms with E-state index in [2.05, 4.69) is 61.6 Å². The predicted octanol–water partition coefficient (Wildman–Crippen LogP) is 5.49. The number of thioether (sulfide) groups is 1. The Morgan fingerprint density at radius 3 is 2.57 bits per heavy atom. The number of amides is 1. The van der Waals surface area contributed by atoms with Crippen LogP contribution in [0.2, 0.25) is 0 Å². The number of ether oxygens (including phenoxy) is 1. The van der Waals surface area contributed by atoms with Gasteiger partial charge < -0.3 is 10.1 Å². The number of fused-ring (bicyclic) bond motifs is 1. The number of hydrogen-bond donors (Lipinski definition) is 1. The van der Waals surface area contributed by atoms with Crippen molar-refractivity contribution in [3.05, 3.63) is 64.7 Å². The molecule has 148 valence electrons. The lowest BCUT2D eigenvalue weighted by molar-refractivity contribution is -0.118. The van der Waals surface area contributed by atoms with Crippen LogP contribution in [0.15, 0.2) is 42.5 Å². The fraction of sp³-hybridized carbons (Fsp3) is 0.458. The molecule has 0 radical (unpaired) electrons. The summed E-state index contributed by atoms with van der Waals surface area (Å²) >= 11 is 1.76. The molecule has 2 aromatic carbocycles. The zero-order valence-corrected chi connectivity index (χ0v) is 17.6. The molecule has 1 saturated carbocycles. The smallest absolute Gasteiger partial charge is 0.230 e. The highest BCUT2D eigenvalue weighted by atomic mass is 32.2. The van der Waals surface area contributed by atoms with Crippen LogP contribution in [0.4, 0.5) is 0 Å². The molecule has 1 heterocycles. The highest BCUT2D eigenvalue weighted by Crippen LogP contribution is 2.51. The maximum Gasteiger partial charge on any atom is 0.230 e. The maximum atomic E-state index is 12.5. The normalized spacial score (nSPS) is 19.9. The molecule has 0 saturated heterocycles. The van der Waals surface area contributed by atoms with Crippen molar-refractivity contribution in [3.63, 3.8) is 0 Å². The summed E-state index contributed by atoms with van der Waals surface area (Å²) in [5, 5.41) is 3.39. The highest BCUT2D eigenvalue weighted by molar-refractivity contribution is 8.00. The molecule has 2 aromatic rings. The fourth-order valence-electron chi connectivity index (χ4n) is 4.34. The van der Waals surface area contributed by atoms with Crippen molar-refractivity contribution in [3.8, 4) is 5.75 Å². The van der Waals surface area contributed by atoms with E-state index in [0.717, 1.165) is 30.6 Å². The van der Waals surface area contributed by atoms with E-state index in [1.165, 1.54) is 29.5 Å². The van der Waals surface area contributed by atoms with Crippen LogP contribution in [0, 0.1) is 13.8 Å². The lowest BCUT2D eigenvalue weighted by Crippen LogP contribution is -2.38. The van der Waals surface area contributed by atoms with Crippen LogP contribution < -0.4 is 10.1 Å². The molecule has 1 atom stereocenters. The van der Waals surface area contributed by atoms with E-state index in [1.807, 2.05) is 0 Å². The summed E-state index contributed by atoms with van der Waals surface area (Å²) in [5.74, 6) is 1.61. The summed E-state index contributed by atoms with van der Waals surface area (Å²) in [5.41, 5.74) is 4.87.